The van der Waals surface area contributed by atoms with Crippen molar-refractivity contribution in [1.82, 2.24) is 10.2 Å². The first-order chi connectivity index (χ1) is 7.65. The zero-order chi connectivity index (χ0) is 11.5. The van der Waals surface area contributed by atoms with Crippen LogP contribution in [0.2, 0.25) is 10.2 Å². The average Bonchev–Trinajstić information content (AvgIpc) is 2.27. The Bertz CT molecular complexity index is 502. The number of anilines is 2. The van der Waals surface area contributed by atoms with Crippen LogP contribution in [0.4, 0.5) is 11.5 Å². The molecule has 0 fully saturated rings. The van der Waals surface area contributed by atoms with E-state index in [0.29, 0.717) is 16.0 Å². The van der Waals surface area contributed by atoms with Gasteiger partial charge in [0, 0.05) is 4.47 Å². The third-order valence-electron chi connectivity index (χ3n) is 1.82. The molecule has 2 aromatic rings. The summed E-state index contributed by atoms with van der Waals surface area (Å²) in [4.78, 5) is 0. The van der Waals surface area contributed by atoms with E-state index in [1.165, 1.54) is 0 Å². The topological polar surface area (TPSA) is 37.8 Å². The molecule has 1 N–H and O–H groups in total. The fraction of sp³-hybridized carbons (Fsp3) is 0. The number of nitrogens with zero attached hydrogens (tertiary/aromatic N) is 2. The van der Waals surface area contributed by atoms with Gasteiger partial charge in [-0.25, -0.2) is 0 Å². The van der Waals surface area contributed by atoms with Gasteiger partial charge in [-0.15, -0.1) is 10.2 Å². The van der Waals surface area contributed by atoms with E-state index in [2.05, 4.69) is 31.4 Å². The number of hydrogen-bond donors (Lipinski definition) is 1. The van der Waals surface area contributed by atoms with Gasteiger partial charge in [0.25, 0.3) is 0 Å². The van der Waals surface area contributed by atoms with Crippen LogP contribution in [-0.2, 0) is 0 Å². The van der Waals surface area contributed by atoms with Gasteiger partial charge in [0.2, 0.25) is 0 Å². The maximum Gasteiger partial charge on any atom is 0.153 e. The molecular weight excluding hydrogens is 313 g/mol. The minimum atomic E-state index is 0.353. The molecule has 0 aliphatic heterocycles. The van der Waals surface area contributed by atoms with Gasteiger partial charge in [-0.2, -0.15) is 0 Å². The molecule has 0 amide bonds. The van der Waals surface area contributed by atoms with Crippen molar-refractivity contribution in [2.24, 2.45) is 0 Å². The molecule has 16 heavy (non-hydrogen) atoms. The summed E-state index contributed by atoms with van der Waals surface area (Å²) < 4.78 is 0.932. The van der Waals surface area contributed by atoms with Gasteiger partial charge < -0.3 is 5.32 Å². The lowest BCUT2D eigenvalue weighted by Crippen LogP contribution is -1.95. The predicted octanol–water partition coefficient (Wildman–Crippen LogP) is 4.29. The van der Waals surface area contributed by atoms with E-state index in [1.807, 2.05) is 12.1 Å². The Balaban J connectivity index is 2.26. The first-order valence-electron chi connectivity index (χ1n) is 4.36. The molecular formula is C10H6BrCl2N3. The smallest absolute Gasteiger partial charge is 0.153 e. The van der Waals surface area contributed by atoms with E-state index in [-0.39, 0.29) is 0 Å². The van der Waals surface area contributed by atoms with Crippen molar-refractivity contribution < 1.29 is 0 Å². The molecule has 0 aliphatic rings. The van der Waals surface area contributed by atoms with Crippen LogP contribution in [0.3, 0.4) is 0 Å². The van der Waals surface area contributed by atoms with Gasteiger partial charge in [0.1, 0.15) is 0 Å². The zero-order valence-corrected chi connectivity index (χ0v) is 11.0. The van der Waals surface area contributed by atoms with E-state index in [9.17, 15) is 0 Å². The summed E-state index contributed by atoms with van der Waals surface area (Å²) in [6.07, 6.45) is 0. The Morgan fingerprint density at radius 3 is 2.56 bits per heavy atom. The summed E-state index contributed by atoms with van der Waals surface area (Å²) in [5.41, 5.74) is 0.757. The second kappa shape index (κ2) is 4.99. The van der Waals surface area contributed by atoms with Gasteiger partial charge in [0.15, 0.2) is 11.0 Å². The number of halogens is 3. The second-order valence-corrected chi connectivity index (χ2v) is 4.70. The van der Waals surface area contributed by atoms with Crippen LogP contribution in [0.15, 0.2) is 34.8 Å². The minimum Gasteiger partial charge on any atom is -0.337 e. The first kappa shape index (κ1) is 11.6. The molecule has 0 aliphatic carbocycles. The van der Waals surface area contributed by atoms with Crippen LogP contribution >= 0.6 is 39.1 Å². The molecule has 0 saturated heterocycles. The van der Waals surface area contributed by atoms with Crippen LogP contribution in [0.1, 0.15) is 0 Å². The standard InChI is InChI=1S/C10H6BrCl2N3/c11-6-1-2-7(12)8(5-6)14-10-4-3-9(13)15-16-10/h1-5H,(H,14,16). The number of hydrogen-bond acceptors (Lipinski definition) is 3. The third kappa shape index (κ3) is 2.84. The molecule has 6 heteroatoms. The molecule has 2 rings (SSSR count). The largest absolute Gasteiger partial charge is 0.337 e. The van der Waals surface area contributed by atoms with Crippen molar-refractivity contribution in [2.45, 2.75) is 0 Å². The predicted molar refractivity (Wildman–Crippen MR) is 69.5 cm³/mol. The lowest BCUT2D eigenvalue weighted by atomic mass is 10.3. The fourth-order valence-electron chi connectivity index (χ4n) is 1.11. The maximum absolute atomic E-state index is 6.02. The number of rotatable bonds is 2. The molecule has 0 bridgehead atoms. The summed E-state index contributed by atoms with van der Waals surface area (Å²) in [6, 6.07) is 8.90. The average molecular weight is 319 g/mol. The highest BCUT2D eigenvalue weighted by atomic mass is 79.9. The quantitative estimate of drug-likeness (QED) is 0.897. The van der Waals surface area contributed by atoms with Crippen LogP contribution in [0.25, 0.3) is 0 Å². The minimum absolute atomic E-state index is 0.353. The number of nitrogens with one attached hydrogen (secondary N) is 1. The van der Waals surface area contributed by atoms with Gasteiger partial charge in [-0.05, 0) is 30.3 Å². The molecule has 3 nitrogen and oxygen atoms in total. The third-order valence-corrected chi connectivity index (χ3v) is 2.85. The van der Waals surface area contributed by atoms with Crippen LogP contribution in [-0.4, -0.2) is 10.2 Å². The monoisotopic (exact) mass is 317 g/mol. The summed E-state index contributed by atoms with van der Waals surface area (Å²) in [5.74, 6) is 0.587. The van der Waals surface area contributed by atoms with Crippen LogP contribution in [0.5, 0.6) is 0 Å². The molecule has 1 aromatic carbocycles. The van der Waals surface area contributed by atoms with Gasteiger partial charge in [0.05, 0.1) is 10.7 Å². The Hall–Kier alpha value is -0.840. The fourth-order valence-corrected chi connectivity index (χ4v) is 1.74. The van der Waals surface area contributed by atoms with Crippen molar-refractivity contribution in [2.75, 3.05) is 5.32 Å². The van der Waals surface area contributed by atoms with Crippen molar-refractivity contribution in [3.8, 4) is 0 Å². The van der Waals surface area contributed by atoms with E-state index >= 15 is 0 Å². The van der Waals surface area contributed by atoms with E-state index in [0.717, 1.165) is 10.2 Å². The molecule has 0 unspecified atom stereocenters. The van der Waals surface area contributed by atoms with E-state index in [4.69, 9.17) is 23.2 Å². The molecule has 0 spiro atoms. The summed E-state index contributed by atoms with van der Waals surface area (Å²) in [5, 5.41) is 11.6. The van der Waals surface area contributed by atoms with E-state index in [1.54, 1.807) is 18.2 Å². The number of aromatic nitrogens is 2. The van der Waals surface area contributed by atoms with Gasteiger partial charge >= 0.3 is 0 Å². The van der Waals surface area contributed by atoms with Gasteiger partial charge in [-0.3, -0.25) is 0 Å². The highest BCUT2D eigenvalue weighted by Crippen LogP contribution is 2.27. The SMILES string of the molecule is Clc1ccc(Nc2cc(Br)ccc2Cl)nn1. The number of benzene rings is 1. The summed E-state index contributed by atoms with van der Waals surface area (Å²) in [7, 11) is 0. The molecule has 0 saturated carbocycles. The van der Waals surface area contributed by atoms with Crippen molar-refractivity contribution in [3.63, 3.8) is 0 Å². The highest BCUT2D eigenvalue weighted by molar-refractivity contribution is 9.10. The summed E-state index contributed by atoms with van der Waals surface area (Å²) in [6.45, 7) is 0. The van der Waals surface area contributed by atoms with E-state index < -0.39 is 0 Å². The Morgan fingerprint density at radius 2 is 1.88 bits per heavy atom. The Morgan fingerprint density at radius 1 is 1.06 bits per heavy atom. The van der Waals surface area contributed by atoms with Crippen molar-refractivity contribution in [1.29, 1.82) is 0 Å². The molecule has 1 aromatic heterocycles. The normalized spacial score (nSPS) is 10.2. The summed E-state index contributed by atoms with van der Waals surface area (Å²) >= 11 is 15.0. The van der Waals surface area contributed by atoms with Crippen LogP contribution < -0.4 is 5.32 Å². The molecule has 82 valence electrons. The first-order valence-corrected chi connectivity index (χ1v) is 5.91. The molecule has 0 radical (unpaired) electrons. The zero-order valence-electron chi connectivity index (χ0n) is 7.92. The molecule has 0 atom stereocenters. The van der Waals surface area contributed by atoms with Crippen molar-refractivity contribution >= 4 is 50.6 Å². The maximum atomic E-state index is 6.02. The van der Waals surface area contributed by atoms with Gasteiger partial charge in [-0.1, -0.05) is 39.1 Å². The lowest BCUT2D eigenvalue weighted by molar-refractivity contribution is 1.04. The second-order valence-electron chi connectivity index (χ2n) is 2.99. The van der Waals surface area contributed by atoms with Crippen molar-refractivity contribution in [3.05, 3.63) is 45.0 Å². The Kier molecular flexibility index (Phi) is 3.63. The Labute approximate surface area is 111 Å². The molecule has 1 heterocycles. The lowest BCUT2D eigenvalue weighted by Gasteiger charge is -2.07. The highest BCUT2D eigenvalue weighted by Gasteiger charge is 2.02. The van der Waals surface area contributed by atoms with Crippen LogP contribution in [0, 0.1) is 0 Å².